The minimum atomic E-state index is 0.0370. The predicted molar refractivity (Wildman–Crippen MR) is 75.2 cm³/mol. The molecule has 1 aromatic rings. The zero-order valence-corrected chi connectivity index (χ0v) is 11.6. The molecule has 1 heterocycles. The number of nitrogens with zero attached hydrogens (tertiary/aromatic N) is 2. The third kappa shape index (κ3) is 3.61. The van der Waals surface area contributed by atoms with E-state index in [9.17, 15) is 4.79 Å². The minimum absolute atomic E-state index is 0.0370. The second-order valence-corrected chi connectivity index (χ2v) is 5.00. The highest BCUT2D eigenvalue weighted by Gasteiger charge is 2.19. The van der Waals surface area contributed by atoms with Crippen LogP contribution in [0.1, 0.15) is 5.56 Å². The summed E-state index contributed by atoms with van der Waals surface area (Å²) >= 11 is 0. The number of nitrogen functional groups attached to an aromatic ring is 1. The van der Waals surface area contributed by atoms with E-state index >= 15 is 0 Å². The minimum Gasteiger partial charge on any atom is -0.483 e. The molecule has 0 radical (unpaired) electrons. The van der Waals surface area contributed by atoms with Gasteiger partial charge in [0, 0.05) is 37.9 Å². The zero-order chi connectivity index (χ0) is 13.8. The van der Waals surface area contributed by atoms with E-state index in [0.717, 1.165) is 31.7 Å². The first-order chi connectivity index (χ1) is 9.06. The monoisotopic (exact) mass is 263 g/mol. The van der Waals surface area contributed by atoms with Gasteiger partial charge in [0.1, 0.15) is 5.75 Å². The fourth-order valence-corrected chi connectivity index (χ4v) is 2.06. The molecule has 1 fully saturated rings. The Kier molecular flexibility index (Phi) is 4.27. The molecule has 0 bridgehead atoms. The summed E-state index contributed by atoms with van der Waals surface area (Å²) in [5, 5.41) is 0. The summed E-state index contributed by atoms with van der Waals surface area (Å²) in [5.74, 6) is 0.720. The number of ether oxygens (including phenoxy) is 1. The van der Waals surface area contributed by atoms with Gasteiger partial charge >= 0.3 is 0 Å². The van der Waals surface area contributed by atoms with Gasteiger partial charge < -0.3 is 20.3 Å². The van der Waals surface area contributed by atoms with Crippen LogP contribution >= 0.6 is 0 Å². The van der Waals surface area contributed by atoms with E-state index in [0.29, 0.717) is 11.4 Å². The van der Waals surface area contributed by atoms with Crippen molar-refractivity contribution in [1.29, 1.82) is 0 Å². The molecule has 2 rings (SSSR count). The number of hydrogen-bond donors (Lipinski definition) is 1. The van der Waals surface area contributed by atoms with Crippen molar-refractivity contribution in [3.63, 3.8) is 0 Å². The normalized spacial score (nSPS) is 16.4. The lowest BCUT2D eigenvalue weighted by Gasteiger charge is -2.32. The Labute approximate surface area is 113 Å². The summed E-state index contributed by atoms with van der Waals surface area (Å²) in [7, 11) is 2.06. The van der Waals surface area contributed by atoms with Crippen LogP contribution in [0.4, 0.5) is 5.69 Å². The number of carbonyl (C=O) groups is 1. The number of carbonyl (C=O) groups excluding carboxylic acids is 1. The van der Waals surface area contributed by atoms with Gasteiger partial charge in [0.2, 0.25) is 0 Å². The van der Waals surface area contributed by atoms with Gasteiger partial charge in [-0.1, -0.05) is 6.07 Å². The molecule has 0 atom stereocenters. The number of nitrogens with two attached hydrogens (primary N) is 1. The first-order valence-corrected chi connectivity index (χ1v) is 6.51. The first-order valence-electron chi connectivity index (χ1n) is 6.51. The molecule has 2 N–H and O–H groups in total. The number of amides is 1. The average molecular weight is 263 g/mol. The molecule has 5 heteroatoms. The molecule has 1 amide bonds. The molecular weight excluding hydrogens is 242 g/mol. The molecule has 0 aromatic heterocycles. The van der Waals surface area contributed by atoms with Crippen molar-refractivity contribution in [3.8, 4) is 5.75 Å². The molecule has 5 nitrogen and oxygen atoms in total. The first kappa shape index (κ1) is 13.7. The highest BCUT2D eigenvalue weighted by molar-refractivity contribution is 5.78. The van der Waals surface area contributed by atoms with Gasteiger partial charge in [0.25, 0.3) is 5.91 Å². The number of hydrogen-bond acceptors (Lipinski definition) is 4. The molecule has 19 heavy (non-hydrogen) atoms. The molecule has 104 valence electrons. The Morgan fingerprint density at radius 2 is 2.00 bits per heavy atom. The number of piperazine rings is 1. The van der Waals surface area contributed by atoms with Crippen molar-refractivity contribution in [1.82, 2.24) is 9.80 Å². The van der Waals surface area contributed by atoms with Crippen LogP contribution in [0.15, 0.2) is 18.2 Å². The lowest BCUT2D eigenvalue weighted by atomic mass is 10.2. The van der Waals surface area contributed by atoms with Gasteiger partial charge in [-0.2, -0.15) is 0 Å². The maximum absolute atomic E-state index is 12.0. The van der Waals surface area contributed by atoms with E-state index in [1.54, 1.807) is 6.07 Å². The lowest BCUT2D eigenvalue weighted by molar-refractivity contribution is -0.134. The summed E-state index contributed by atoms with van der Waals surface area (Å²) < 4.78 is 5.57. The van der Waals surface area contributed by atoms with E-state index in [1.807, 2.05) is 24.0 Å². The van der Waals surface area contributed by atoms with E-state index in [1.165, 1.54) is 0 Å². The van der Waals surface area contributed by atoms with Crippen LogP contribution in [0.5, 0.6) is 5.75 Å². The molecule has 1 aliphatic heterocycles. The zero-order valence-electron chi connectivity index (χ0n) is 11.6. The van der Waals surface area contributed by atoms with Crippen molar-refractivity contribution in [2.75, 3.05) is 45.6 Å². The summed E-state index contributed by atoms with van der Waals surface area (Å²) in [5.41, 5.74) is 7.34. The van der Waals surface area contributed by atoms with Gasteiger partial charge in [-0.25, -0.2) is 0 Å². The topological polar surface area (TPSA) is 58.8 Å². The van der Waals surface area contributed by atoms with Crippen LogP contribution < -0.4 is 10.5 Å². The second-order valence-electron chi connectivity index (χ2n) is 5.00. The fraction of sp³-hybridized carbons (Fsp3) is 0.500. The average Bonchev–Trinajstić information content (AvgIpc) is 2.40. The van der Waals surface area contributed by atoms with Gasteiger partial charge in [0.05, 0.1) is 0 Å². The molecule has 0 unspecified atom stereocenters. The molecule has 0 spiro atoms. The van der Waals surface area contributed by atoms with E-state index < -0.39 is 0 Å². The highest BCUT2D eigenvalue weighted by atomic mass is 16.5. The summed E-state index contributed by atoms with van der Waals surface area (Å²) in [6, 6.07) is 5.47. The molecule has 1 aromatic carbocycles. The Bertz CT molecular complexity index is 454. The number of likely N-dealkylation sites (N-methyl/N-ethyl adjacent to an activating group) is 1. The van der Waals surface area contributed by atoms with Crippen molar-refractivity contribution in [2.24, 2.45) is 0 Å². The van der Waals surface area contributed by atoms with Gasteiger partial charge in [-0.3, -0.25) is 4.79 Å². The molecule has 1 aliphatic rings. The molecule has 0 saturated carbocycles. The quantitative estimate of drug-likeness (QED) is 0.817. The Morgan fingerprint density at radius 1 is 1.32 bits per heavy atom. The van der Waals surface area contributed by atoms with Crippen molar-refractivity contribution >= 4 is 11.6 Å². The number of anilines is 1. The largest absolute Gasteiger partial charge is 0.483 e. The maximum atomic E-state index is 12.0. The number of rotatable bonds is 3. The van der Waals surface area contributed by atoms with Crippen LogP contribution in [-0.2, 0) is 4.79 Å². The maximum Gasteiger partial charge on any atom is 0.260 e. The fourth-order valence-electron chi connectivity index (χ4n) is 2.06. The van der Waals surface area contributed by atoms with E-state index in [2.05, 4.69) is 11.9 Å². The number of aryl methyl sites for hydroxylation is 1. The van der Waals surface area contributed by atoms with Gasteiger partial charge in [0.15, 0.2) is 6.61 Å². The van der Waals surface area contributed by atoms with Crippen LogP contribution in [-0.4, -0.2) is 55.5 Å². The SMILES string of the molecule is Cc1ccc(N)cc1OCC(=O)N1CCN(C)CC1. The van der Waals surface area contributed by atoms with E-state index in [4.69, 9.17) is 10.5 Å². The van der Waals surface area contributed by atoms with Crippen LogP contribution in [0.3, 0.4) is 0 Å². The predicted octanol–water partition coefficient (Wildman–Crippen LogP) is 0.730. The van der Waals surface area contributed by atoms with Gasteiger partial charge in [-0.15, -0.1) is 0 Å². The second kappa shape index (κ2) is 5.93. The lowest BCUT2D eigenvalue weighted by Crippen LogP contribution is -2.48. The molecule has 0 aliphatic carbocycles. The van der Waals surface area contributed by atoms with Crippen molar-refractivity contribution < 1.29 is 9.53 Å². The molecule has 1 saturated heterocycles. The van der Waals surface area contributed by atoms with E-state index in [-0.39, 0.29) is 12.5 Å². The third-order valence-electron chi connectivity index (χ3n) is 3.42. The summed E-state index contributed by atoms with van der Waals surface area (Å²) in [6.07, 6.45) is 0. The summed E-state index contributed by atoms with van der Waals surface area (Å²) in [4.78, 5) is 16.1. The van der Waals surface area contributed by atoms with Crippen molar-refractivity contribution in [2.45, 2.75) is 6.92 Å². The van der Waals surface area contributed by atoms with Gasteiger partial charge in [-0.05, 0) is 25.6 Å². The van der Waals surface area contributed by atoms with Crippen molar-refractivity contribution in [3.05, 3.63) is 23.8 Å². The molecular formula is C14H21N3O2. The number of benzene rings is 1. The summed E-state index contributed by atoms with van der Waals surface area (Å²) in [6.45, 7) is 5.40. The third-order valence-corrected chi connectivity index (χ3v) is 3.42. The van der Waals surface area contributed by atoms with Crippen LogP contribution in [0.25, 0.3) is 0 Å². The van der Waals surface area contributed by atoms with Crippen LogP contribution in [0, 0.1) is 6.92 Å². The smallest absolute Gasteiger partial charge is 0.260 e. The Balaban J connectivity index is 1.88. The highest BCUT2D eigenvalue weighted by Crippen LogP contribution is 2.20. The Morgan fingerprint density at radius 3 is 2.68 bits per heavy atom. The van der Waals surface area contributed by atoms with Crippen LogP contribution in [0.2, 0.25) is 0 Å². The standard InChI is InChI=1S/C14H21N3O2/c1-11-3-4-12(15)9-13(11)19-10-14(18)17-7-5-16(2)6-8-17/h3-4,9H,5-8,10,15H2,1-2H3. The Hall–Kier alpha value is -1.75.